The molecule has 0 fully saturated rings. The lowest BCUT2D eigenvalue weighted by atomic mass is 10.2. The van der Waals surface area contributed by atoms with Gasteiger partial charge in [-0.25, -0.2) is 0 Å². The number of carbonyl (C=O) groups excluding carboxylic acids is 1. The van der Waals surface area contributed by atoms with E-state index in [9.17, 15) is 14.9 Å². The van der Waals surface area contributed by atoms with E-state index in [1.54, 1.807) is 13.0 Å². The summed E-state index contributed by atoms with van der Waals surface area (Å²) in [6.07, 6.45) is 0. The van der Waals surface area contributed by atoms with Gasteiger partial charge in [-0.2, -0.15) is 0 Å². The van der Waals surface area contributed by atoms with Crippen molar-refractivity contribution >= 4 is 17.3 Å². The highest BCUT2D eigenvalue weighted by Gasteiger charge is 2.16. The first-order chi connectivity index (χ1) is 8.99. The number of rotatable bonds is 6. The normalized spacial score (nSPS) is 11.5. The minimum Gasteiger partial charge on any atom is -0.490 e. The molecule has 0 spiro atoms. The molecule has 1 atom stereocenters. The molecule has 0 amide bonds. The van der Waals surface area contributed by atoms with Crippen LogP contribution in [0.3, 0.4) is 0 Å². The standard InChI is InChI=1S/C12H16N2O5/c1-8(12(15)19-3)7-13-9-4-5-11(18-2)10(6-9)14(16)17/h4-6,8,13H,7H2,1-3H3. The smallest absolute Gasteiger partial charge is 0.312 e. The Balaban J connectivity index is 2.77. The largest absolute Gasteiger partial charge is 0.490 e. The summed E-state index contributed by atoms with van der Waals surface area (Å²) in [6, 6.07) is 4.52. The molecule has 0 aliphatic rings. The second-order valence-corrected chi connectivity index (χ2v) is 3.95. The van der Waals surface area contributed by atoms with Crippen LogP contribution in [0.5, 0.6) is 5.75 Å². The van der Waals surface area contributed by atoms with Gasteiger partial charge >= 0.3 is 11.7 Å². The van der Waals surface area contributed by atoms with E-state index in [1.807, 2.05) is 0 Å². The summed E-state index contributed by atoms with van der Waals surface area (Å²) in [5.74, 6) is -0.488. The number of ether oxygens (including phenoxy) is 2. The summed E-state index contributed by atoms with van der Waals surface area (Å²) >= 11 is 0. The fourth-order valence-electron chi connectivity index (χ4n) is 1.50. The van der Waals surface area contributed by atoms with Gasteiger partial charge in [0.1, 0.15) is 0 Å². The number of carbonyl (C=O) groups is 1. The maximum absolute atomic E-state index is 11.2. The zero-order valence-corrected chi connectivity index (χ0v) is 11.0. The number of methoxy groups -OCH3 is 2. The number of anilines is 1. The maximum Gasteiger partial charge on any atom is 0.312 e. The van der Waals surface area contributed by atoms with Crippen LogP contribution in [-0.2, 0) is 9.53 Å². The molecular weight excluding hydrogens is 252 g/mol. The monoisotopic (exact) mass is 268 g/mol. The fraction of sp³-hybridized carbons (Fsp3) is 0.417. The third-order valence-electron chi connectivity index (χ3n) is 2.59. The van der Waals surface area contributed by atoms with Crippen LogP contribution in [0.25, 0.3) is 0 Å². The number of nitro benzene ring substituents is 1. The second kappa shape index (κ2) is 6.58. The Bertz CT molecular complexity index is 475. The van der Waals surface area contributed by atoms with Crippen molar-refractivity contribution in [3.05, 3.63) is 28.3 Å². The van der Waals surface area contributed by atoms with Crippen LogP contribution in [0.15, 0.2) is 18.2 Å². The highest BCUT2D eigenvalue weighted by molar-refractivity contribution is 5.72. The Kier molecular flexibility index (Phi) is 5.11. The van der Waals surface area contributed by atoms with Crippen molar-refractivity contribution in [2.45, 2.75) is 6.92 Å². The van der Waals surface area contributed by atoms with E-state index in [1.165, 1.54) is 26.4 Å². The van der Waals surface area contributed by atoms with Gasteiger partial charge < -0.3 is 14.8 Å². The topological polar surface area (TPSA) is 90.7 Å². The van der Waals surface area contributed by atoms with Crippen LogP contribution >= 0.6 is 0 Å². The van der Waals surface area contributed by atoms with Crippen LogP contribution in [0.4, 0.5) is 11.4 Å². The minimum atomic E-state index is -0.520. The molecule has 1 N–H and O–H groups in total. The van der Waals surface area contributed by atoms with Crippen molar-refractivity contribution in [1.82, 2.24) is 0 Å². The quantitative estimate of drug-likeness (QED) is 0.481. The van der Waals surface area contributed by atoms with E-state index in [2.05, 4.69) is 10.1 Å². The fourth-order valence-corrected chi connectivity index (χ4v) is 1.50. The molecule has 0 aliphatic heterocycles. The second-order valence-electron chi connectivity index (χ2n) is 3.95. The predicted octanol–water partition coefficient (Wildman–Crippen LogP) is 1.82. The zero-order chi connectivity index (χ0) is 14.4. The number of nitro groups is 1. The third kappa shape index (κ3) is 3.84. The molecule has 7 nitrogen and oxygen atoms in total. The van der Waals surface area contributed by atoms with Gasteiger partial charge in [-0.1, -0.05) is 6.92 Å². The Morgan fingerprint density at radius 3 is 2.68 bits per heavy atom. The van der Waals surface area contributed by atoms with Crippen molar-refractivity contribution < 1.29 is 19.2 Å². The molecule has 0 bridgehead atoms. The van der Waals surface area contributed by atoms with Crippen molar-refractivity contribution in [3.63, 3.8) is 0 Å². The minimum absolute atomic E-state index is 0.127. The number of nitrogens with one attached hydrogen (secondary N) is 1. The van der Waals surface area contributed by atoms with E-state index in [0.717, 1.165) is 0 Å². The lowest BCUT2D eigenvalue weighted by Crippen LogP contribution is -2.21. The first kappa shape index (κ1) is 14.7. The van der Waals surface area contributed by atoms with Crippen molar-refractivity contribution in [2.24, 2.45) is 5.92 Å². The van der Waals surface area contributed by atoms with Gasteiger partial charge in [0.25, 0.3) is 0 Å². The van der Waals surface area contributed by atoms with Gasteiger partial charge in [-0.15, -0.1) is 0 Å². The number of nitrogens with zero attached hydrogens (tertiary/aromatic N) is 1. The molecule has 19 heavy (non-hydrogen) atoms. The van der Waals surface area contributed by atoms with Gasteiger partial charge in [0, 0.05) is 18.3 Å². The molecule has 0 radical (unpaired) electrons. The molecular formula is C12H16N2O5. The van der Waals surface area contributed by atoms with E-state index in [0.29, 0.717) is 12.2 Å². The summed E-state index contributed by atoms with van der Waals surface area (Å²) < 4.78 is 9.49. The van der Waals surface area contributed by atoms with Crippen LogP contribution in [0.2, 0.25) is 0 Å². The first-order valence-corrected chi connectivity index (χ1v) is 5.63. The molecule has 1 aromatic carbocycles. The Morgan fingerprint density at radius 2 is 2.16 bits per heavy atom. The van der Waals surface area contributed by atoms with Crippen molar-refractivity contribution in [3.8, 4) is 5.75 Å². The van der Waals surface area contributed by atoms with Gasteiger partial charge in [0.15, 0.2) is 5.75 Å². The number of hydrogen-bond acceptors (Lipinski definition) is 6. The summed E-state index contributed by atoms with van der Waals surface area (Å²) in [4.78, 5) is 21.5. The Labute approximate surface area is 110 Å². The highest BCUT2D eigenvalue weighted by atomic mass is 16.6. The van der Waals surface area contributed by atoms with Crippen LogP contribution in [0, 0.1) is 16.0 Å². The zero-order valence-electron chi connectivity index (χ0n) is 11.0. The molecule has 0 aliphatic carbocycles. The molecule has 1 unspecified atom stereocenters. The molecule has 0 saturated carbocycles. The lowest BCUT2D eigenvalue weighted by Gasteiger charge is -2.12. The summed E-state index contributed by atoms with van der Waals surface area (Å²) in [5, 5.41) is 13.8. The number of benzene rings is 1. The summed E-state index contributed by atoms with van der Waals surface area (Å²) in [7, 11) is 2.69. The van der Waals surface area contributed by atoms with E-state index in [4.69, 9.17) is 4.74 Å². The van der Waals surface area contributed by atoms with Crippen molar-refractivity contribution in [1.29, 1.82) is 0 Å². The molecule has 0 saturated heterocycles. The molecule has 7 heteroatoms. The first-order valence-electron chi connectivity index (χ1n) is 5.63. The predicted molar refractivity (Wildman–Crippen MR) is 69.3 cm³/mol. The van der Waals surface area contributed by atoms with Gasteiger partial charge in [0.05, 0.1) is 25.1 Å². The van der Waals surface area contributed by atoms with Crippen LogP contribution in [0.1, 0.15) is 6.92 Å². The van der Waals surface area contributed by atoms with Crippen LogP contribution < -0.4 is 10.1 Å². The van der Waals surface area contributed by atoms with Crippen molar-refractivity contribution in [2.75, 3.05) is 26.1 Å². The molecule has 0 aromatic heterocycles. The average molecular weight is 268 g/mol. The third-order valence-corrected chi connectivity index (χ3v) is 2.59. The number of esters is 1. The Hall–Kier alpha value is -2.31. The number of hydrogen-bond donors (Lipinski definition) is 1. The van der Waals surface area contributed by atoms with Crippen LogP contribution in [-0.4, -0.2) is 31.7 Å². The maximum atomic E-state index is 11.2. The molecule has 0 heterocycles. The van der Waals surface area contributed by atoms with E-state index >= 15 is 0 Å². The summed E-state index contributed by atoms with van der Waals surface area (Å²) in [6.45, 7) is 2.03. The van der Waals surface area contributed by atoms with Gasteiger partial charge in [0.2, 0.25) is 0 Å². The molecule has 1 aromatic rings. The van der Waals surface area contributed by atoms with Gasteiger partial charge in [-0.3, -0.25) is 14.9 Å². The van der Waals surface area contributed by atoms with Gasteiger partial charge in [-0.05, 0) is 12.1 Å². The SMILES string of the molecule is COC(=O)C(C)CNc1ccc(OC)c([N+](=O)[O-])c1. The summed E-state index contributed by atoms with van der Waals surface area (Å²) in [5.41, 5.74) is 0.418. The molecule has 104 valence electrons. The lowest BCUT2D eigenvalue weighted by molar-refractivity contribution is -0.385. The Morgan fingerprint density at radius 1 is 1.47 bits per heavy atom. The van der Waals surface area contributed by atoms with E-state index in [-0.39, 0.29) is 23.3 Å². The highest BCUT2D eigenvalue weighted by Crippen LogP contribution is 2.29. The average Bonchev–Trinajstić information content (AvgIpc) is 2.43. The molecule has 1 rings (SSSR count). The van der Waals surface area contributed by atoms with E-state index < -0.39 is 4.92 Å².